The lowest BCUT2D eigenvalue weighted by atomic mass is 9.63. The largest absolute Gasteiger partial charge is 0.393 e. The number of hydrogen-bond donors (Lipinski definition) is 3. The van der Waals surface area contributed by atoms with Crippen LogP contribution in [0.15, 0.2) is 35.5 Å². The predicted molar refractivity (Wildman–Crippen MR) is 141 cm³/mol. The monoisotopic (exact) mass is 476 g/mol. The van der Waals surface area contributed by atoms with Crippen molar-refractivity contribution < 1.29 is 15.3 Å². The van der Waals surface area contributed by atoms with Gasteiger partial charge in [-0.1, -0.05) is 52.0 Å². The minimum atomic E-state index is -0.616. The lowest BCUT2D eigenvalue weighted by Crippen LogP contribution is -2.37. The Morgan fingerprint density at radius 3 is 2.64 bits per heavy atom. The third-order valence-corrected chi connectivity index (χ3v) is 10.7. The van der Waals surface area contributed by atoms with Crippen LogP contribution in [0.1, 0.15) is 98.3 Å². The summed E-state index contributed by atoms with van der Waals surface area (Å²) in [6.07, 6.45) is 14.4. The molecule has 3 nitrogen and oxygen atoms in total. The third-order valence-electron chi connectivity index (χ3n) is 9.35. The quantitative estimate of drug-likeness (QED) is 0.329. The van der Waals surface area contributed by atoms with Crippen molar-refractivity contribution >= 4 is 11.8 Å². The molecule has 0 saturated heterocycles. The minimum absolute atomic E-state index is 0.366. The van der Waals surface area contributed by atoms with Gasteiger partial charge in [-0.15, -0.1) is 0 Å². The van der Waals surface area contributed by atoms with Crippen LogP contribution in [0.3, 0.4) is 0 Å². The molecule has 3 aliphatic carbocycles. The smallest absolute Gasteiger partial charge is 0.0811 e. The van der Waals surface area contributed by atoms with Gasteiger partial charge in [0, 0.05) is 11.7 Å². The molecular weight excluding hydrogens is 428 g/mol. The second-order valence-corrected chi connectivity index (χ2v) is 12.8. The first-order valence-corrected chi connectivity index (χ1v) is 14.5. The molecule has 6 atom stereocenters. The Bertz CT molecular complexity index is 737. The Kier molecular flexibility index (Phi) is 9.39. The van der Waals surface area contributed by atoms with Gasteiger partial charge in [-0.3, -0.25) is 0 Å². The van der Waals surface area contributed by atoms with Crippen molar-refractivity contribution in [2.24, 2.45) is 17.3 Å². The van der Waals surface area contributed by atoms with E-state index in [0.717, 1.165) is 48.5 Å². The van der Waals surface area contributed by atoms with Crippen LogP contribution in [0.2, 0.25) is 0 Å². The molecule has 0 aromatic rings. The number of aliphatic hydroxyl groups is 3. The van der Waals surface area contributed by atoms with Crippen LogP contribution in [0, 0.1) is 17.3 Å². The van der Waals surface area contributed by atoms with Crippen molar-refractivity contribution in [3.05, 3.63) is 35.5 Å². The summed E-state index contributed by atoms with van der Waals surface area (Å²) in [5.74, 6) is 2.53. The summed E-state index contributed by atoms with van der Waals surface area (Å²) in [6.45, 7) is 13.2. The number of rotatable bonds is 9. The molecule has 0 amide bonds. The van der Waals surface area contributed by atoms with Gasteiger partial charge in [0.15, 0.2) is 0 Å². The molecule has 3 N–H and O–H groups in total. The third kappa shape index (κ3) is 6.18. The van der Waals surface area contributed by atoms with Crippen LogP contribution in [0.25, 0.3) is 0 Å². The molecule has 3 aliphatic rings. The first kappa shape index (κ1) is 27.0. The summed E-state index contributed by atoms with van der Waals surface area (Å²) < 4.78 is 0. The van der Waals surface area contributed by atoms with Gasteiger partial charge in [-0.05, 0) is 98.4 Å². The molecule has 4 heteroatoms. The number of hydrogen-bond acceptors (Lipinski definition) is 4. The van der Waals surface area contributed by atoms with Gasteiger partial charge in [0.1, 0.15) is 0 Å². The summed E-state index contributed by atoms with van der Waals surface area (Å²) in [6, 6.07) is 0. The van der Waals surface area contributed by atoms with Crippen LogP contribution < -0.4 is 0 Å². The van der Waals surface area contributed by atoms with E-state index in [-0.39, 0.29) is 0 Å². The van der Waals surface area contributed by atoms with Crippen molar-refractivity contribution in [2.45, 2.75) is 121 Å². The van der Waals surface area contributed by atoms with Crippen LogP contribution in [0.5, 0.6) is 0 Å². The van der Waals surface area contributed by atoms with Crippen LogP contribution in [0.4, 0.5) is 0 Å². The summed E-state index contributed by atoms with van der Waals surface area (Å²) in [5.41, 5.74) is 3.25. The van der Waals surface area contributed by atoms with Crippen molar-refractivity contribution in [2.75, 3.05) is 5.75 Å². The lowest BCUT2D eigenvalue weighted by molar-refractivity contribution is 0.0232. The predicted octanol–water partition coefficient (Wildman–Crippen LogP) is 6.58. The van der Waals surface area contributed by atoms with Crippen molar-refractivity contribution in [1.82, 2.24) is 0 Å². The van der Waals surface area contributed by atoms with Crippen LogP contribution in [-0.4, -0.2) is 44.1 Å². The zero-order valence-corrected chi connectivity index (χ0v) is 22.3. The fraction of sp³-hybridized carbons (Fsp3) is 0.793. The van der Waals surface area contributed by atoms with Gasteiger partial charge in [-0.2, -0.15) is 11.8 Å². The van der Waals surface area contributed by atoms with Crippen molar-refractivity contribution in [1.29, 1.82) is 0 Å². The Morgan fingerprint density at radius 2 is 1.94 bits per heavy atom. The van der Waals surface area contributed by atoms with E-state index in [1.54, 1.807) is 5.57 Å². The molecule has 3 saturated carbocycles. The number of fused-ring (bicyclic) bond motifs is 1. The molecule has 0 aromatic heterocycles. The molecule has 3 rings (SSSR count). The Hall–Kier alpha value is -0.550. The maximum absolute atomic E-state index is 10.6. The van der Waals surface area contributed by atoms with Gasteiger partial charge in [0.05, 0.1) is 17.8 Å². The van der Waals surface area contributed by atoms with E-state index in [2.05, 4.69) is 58.2 Å². The van der Waals surface area contributed by atoms with E-state index in [1.807, 2.05) is 0 Å². The first-order chi connectivity index (χ1) is 15.6. The molecule has 3 fully saturated rings. The highest BCUT2D eigenvalue weighted by molar-refractivity contribution is 7.99. The second-order valence-electron chi connectivity index (χ2n) is 11.3. The summed E-state index contributed by atoms with van der Waals surface area (Å²) in [5, 5.41) is 31.5. The Morgan fingerprint density at radius 1 is 1.21 bits per heavy atom. The van der Waals surface area contributed by atoms with E-state index < -0.39 is 17.8 Å². The average Bonchev–Trinajstić information content (AvgIpc) is 3.15. The highest BCUT2D eigenvalue weighted by Crippen LogP contribution is 2.59. The topological polar surface area (TPSA) is 60.7 Å². The summed E-state index contributed by atoms with van der Waals surface area (Å²) >= 11 is 2.12. The highest BCUT2D eigenvalue weighted by Gasteiger charge is 2.50. The van der Waals surface area contributed by atoms with E-state index in [0.29, 0.717) is 29.4 Å². The fourth-order valence-electron chi connectivity index (χ4n) is 6.91. The zero-order valence-electron chi connectivity index (χ0n) is 21.5. The molecule has 0 spiro atoms. The molecule has 33 heavy (non-hydrogen) atoms. The molecule has 0 radical (unpaired) electrons. The van der Waals surface area contributed by atoms with E-state index in [4.69, 9.17) is 0 Å². The van der Waals surface area contributed by atoms with Crippen LogP contribution >= 0.6 is 11.8 Å². The number of aliphatic hydroxyl groups excluding tert-OH is 2. The fourth-order valence-corrected chi connectivity index (χ4v) is 8.27. The van der Waals surface area contributed by atoms with Gasteiger partial charge in [0.2, 0.25) is 0 Å². The summed E-state index contributed by atoms with van der Waals surface area (Å²) in [7, 11) is 0. The number of thioether (sulfide) groups is 1. The van der Waals surface area contributed by atoms with Gasteiger partial charge < -0.3 is 15.3 Å². The zero-order chi connectivity index (χ0) is 24.2. The molecule has 0 bridgehead atoms. The van der Waals surface area contributed by atoms with Crippen LogP contribution in [-0.2, 0) is 0 Å². The van der Waals surface area contributed by atoms with Crippen molar-refractivity contribution in [3.63, 3.8) is 0 Å². The molecule has 0 unspecified atom stereocenters. The standard InChI is InChI=1S/C29H48O3S/c1-6-29(32,7-2)16-9-17-33-21(4)25-13-14-26-22(10-8-15-28(25,26)5)11-12-23-18-24(30)19-27(31)20(23)3/h11-12,21,24-27,30-32H,3,6-10,13-19H2,1-2,4-5H3/b22-11+,23-12+/t21-,24+,25+,26-,27-,28+/m0/s1. The second kappa shape index (κ2) is 11.5. The maximum atomic E-state index is 10.6. The van der Waals surface area contributed by atoms with Crippen molar-refractivity contribution in [3.8, 4) is 0 Å². The highest BCUT2D eigenvalue weighted by atomic mass is 32.2. The Balaban J connectivity index is 1.62. The molecule has 188 valence electrons. The molecule has 0 aromatic carbocycles. The Labute approximate surface area is 206 Å². The maximum Gasteiger partial charge on any atom is 0.0811 e. The average molecular weight is 477 g/mol. The van der Waals surface area contributed by atoms with E-state index in [9.17, 15) is 15.3 Å². The summed E-state index contributed by atoms with van der Waals surface area (Å²) in [4.78, 5) is 0. The van der Waals surface area contributed by atoms with E-state index >= 15 is 0 Å². The minimum Gasteiger partial charge on any atom is -0.393 e. The number of allylic oxidation sites excluding steroid dienone is 3. The molecular formula is C29H48O3S. The van der Waals surface area contributed by atoms with Gasteiger partial charge in [-0.25, -0.2) is 0 Å². The SMILES string of the molecule is C=C1/C(=C/C=C2\CCC[C@]3(C)[C@@H]([C@H](C)SCCCC(O)(CC)CC)CC[C@@H]23)C[C@@H](O)C[C@@H]1O. The van der Waals surface area contributed by atoms with E-state index in [1.165, 1.54) is 32.1 Å². The van der Waals surface area contributed by atoms with Gasteiger partial charge >= 0.3 is 0 Å². The normalized spacial score (nSPS) is 36.4. The first-order valence-electron chi connectivity index (χ1n) is 13.4. The molecule has 0 heterocycles. The lowest BCUT2D eigenvalue weighted by Gasteiger charge is -2.44. The molecule has 0 aliphatic heterocycles. The van der Waals surface area contributed by atoms with Gasteiger partial charge in [0.25, 0.3) is 0 Å².